The van der Waals surface area contributed by atoms with Crippen LogP contribution in [-0.2, 0) is 0 Å². The molecule has 1 nitrogen and oxygen atoms in total. The Morgan fingerprint density at radius 2 is 2.00 bits per heavy atom. The van der Waals surface area contributed by atoms with E-state index in [9.17, 15) is 8.78 Å². The Morgan fingerprint density at radius 1 is 1.36 bits per heavy atom. The molecule has 0 unspecified atom stereocenters. The minimum absolute atomic E-state index is 0.0579. The standard InChI is InChI=1S/C8H6F2O/c1-2-5-3-6(9)4-7(10)8(5)11/h2-4,11H,1H2. The van der Waals surface area contributed by atoms with Crippen molar-refractivity contribution in [3.63, 3.8) is 0 Å². The van der Waals surface area contributed by atoms with Crippen LogP contribution in [0.2, 0.25) is 0 Å². The van der Waals surface area contributed by atoms with Gasteiger partial charge in [0.05, 0.1) is 0 Å². The van der Waals surface area contributed by atoms with Crippen molar-refractivity contribution in [1.29, 1.82) is 0 Å². The minimum Gasteiger partial charge on any atom is -0.504 e. The molecule has 11 heavy (non-hydrogen) atoms. The van der Waals surface area contributed by atoms with E-state index in [-0.39, 0.29) is 5.56 Å². The molecule has 0 aliphatic heterocycles. The highest BCUT2D eigenvalue weighted by Crippen LogP contribution is 2.22. The van der Waals surface area contributed by atoms with Crippen LogP contribution in [0.4, 0.5) is 8.78 Å². The Morgan fingerprint density at radius 3 is 2.55 bits per heavy atom. The second kappa shape index (κ2) is 2.70. The molecule has 0 bridgehead atoms. The van der Waals surface area contributed by atoms with E-state index in [0.29, 0.717) is 6.07 Å². The number of hydrogen-bond donors (Lipinski definition) is 1. The number of hydrogen-bond acceptors (Lipinski definition) is 1. The topological polar surface area (TPSA) is 20.2 Å². The van der Waals surface area contributed by atoms with Gasteiger partial charge in [-0.3, -0.25) is 0 Å². The van der Waals surface area contributed by atoms with Gasteiger partial charge in [-0.2, -0.15) is 0 Å². The lowest BCUT2D eigenvalue weighted by Gasteiger charge is -1.99. The number of rotatable bonds is 1. The molecular weight excluding hydrogens is 150 g/mol. The van der Waals surface area contributed by atoms with Crippen LogP contribution in [0.5, 0.6) is 5.75 Å². The summed E-state index contributed by atoms with van der Waals surface area (Å²) in [6.07, 6.45) is 1.18. The zero-order valence-corrected chi connectivity index (χ0v) is 5.64. The first-order chi connectivity index (χ1) is 5.15. The molecule has 0 spiro atoms. The molecule has 0 saturated carbocycles. The quantitative estimate of drug-likeness (QED) is 0.661. The summed E-state index contributed by atoms with van der Waals surface area (Å²) in [5.41, 5.74) is 0.0579. The van der Waals surface area contributed by atoms with E-state index in [1.54, 1.807) is 0 Å². The van der Waals surface area contributed by atoms with Gasteiger partial charge in [-0.1, -0.05) is 12.7 Å². The first-order valence-electron chi connectivity index (χ1n) is 2.95. The van der Waals surface area contributed by atoms with Gasteiger partial charge in [-0.25, -0.2) is 8.78 Å². The molecule has 1 aromatic carbocycles. The minimum atomic E-state index is -0.972. The van der Waals surface area contributed by atoms with Crippen LogP contribution in [0.3, 0.4) is 0 Å². The summed E-state index contributed by atoms with van der Waals surface area (Å²) < 4.78 is 24.9. The van der Waals surface area contributed by atoms with Gasteiger partial charge in [-0.05, 0) is 6.07 Å². The third-order valence-corrected chi connectivity index (χ3v) is 1.28. The van der Waals surface area contributed by atoms with Gasteiger partial charge in [0.15, 0.2) is 11.6 Å². The third-order valence-electron chi connectivity index (χ3n) is 1.28. The van der Waals surface area contributed by atoms with Crippen LogP contribution < -0.4 is 0 Å². The Labute approximate surface area is 62.6 Å². The van der Waals surface area contributed by atoms with E-state index < -0.39 is 17.4 Å². The highest BCUT2D eigenvalue weighted by molar-refractivity contribution is 5.55. The number of aromatic hydroxyl groups is 1. The second-order valence-electron chi connectivity index (χ2n) is 2.03. The summed E-state index contributed by atoms with van der Waals surface area (Å²) in [7, 11) is 0. The predicted molar refractivity (Wildman–Crippen MR) is 38.1 cm³/mol. The van der Waals surface area contributed by atoms with Gasteiger partial charge in [0.1, 0.15) is 5.82 Å². The maximum absolute atomic E-state index is 12.5. The summed E-state index contributed by atoms with van der Waals surface area (Å²) in [4.78, 5) is 0. The number of phenolic OH excluding ortho intramolecular Hbond substituents is 1. The van der Waals surface area contributed by atoms with Crippen LogP contribution in [0.1, 0.15) is 5.56 Å². The van der Waals surface area contributed by atoms with Crippen LogP contribution in [0.25, 0.3) is 6.08 Å². The number of benzene rings is 1. The normalized spacial score (nSPS) is 9.64. The Kier molecular flexibility index (Phi) is 1.89. The van der Waals surface area contributed by atoms with Gasteiger partial charge in [0.25, 0.3) is 0 Å². The van der Waals surface area contributed by atoms with Crippen molar-refractivity contribution in [2.75, 3.05) is 0 Å². The van der Waals surface area contributed by atoms with Gasteiger partial charge in [0.2, 0.25) is 0 Å². The maximum atomic E-state index is 12.5. The number of phenols is 1. The van der Waals surface area contributed by atoms with Gasteiger partial charge >= 0.3 is 0 Å². The smallest absolute Gasteiger partial charge is 0.168 e. The average molecular weight is 156 g/mol. The fourth-order valence-corrected chi connectivity index (χ4v) is 0.741. The molecule has 58 valence electrons. The molecule has 1 aromatic rings. The van der Waals surface area contributed by atoms with Gasteiger partial charge in [-0.15, -0.1) is 0 Å². The first-order valence-corrected chi connectivity index (χ1v) is 2.95. The second-order valence-corrected chi connectivity index (χ2v) is 2.03. The summed E-state index contributed by atoms with van der Waals surface area (Å²) in [6.45, 7) is 3.28. The molecule has 1 rings (SSSR count). The zero-order valence-electron chi connectivity index (χ0n) is 5.64. The molecule has 0 radical (unpaired) electrons. The van der Waals surface area contributed by atoms with Crippen molar-refractivity contribution in [3.05, 3.63) is 35.9 Å². The van der Waals surface area contributed by atoms with Crippen molar-refractivity contribution < 1.29 is 13.9 Å². The van der Waals surface area contributed by atoms with Crippen molar-refractivity contribution in [3.8, 4) is 5.75 Å². The average Bonchev–Trinajstić information content (AvgIpc) is 1.96. The summed E-state index contributed by atoms with van der Waals surface area (Å²) >= 11 is 0. The van der Waals surface area contributed by atoms with E-state index >= 15 is 0 Å². The lowest BCUT2D eigenvalue weighted by molar-refractivity contribution is 0.426. The third kappa shape index (κ3) is 1.37. The molecule has 0 saturated heterocycles. The molecule has 0 heterocycles. The van der Waals surface area contributed by atoms with Crippen molar-refractivity contribution in [1.82, 2.24) is 0 Å². The summed E-state index contributed by atoms with van der Waals surface area (Å²) in [5, 5.41) is 8.91. The van der Waals surface area contributed by atoms with Gasteiger partial charge < -0.3 is 5.11 Å². The number of halogens is 2. The highest BCUT2D eigenvalue weighted by atomic mass is 19.1. The SMILES string of the molecule is C=Cc1cc(F)cc(F)c1O. The zero-order chi connectivity index (χ0) is 8.43. The van der Waals surface area contributed by atoms with Gasteiger partial charge in [0, 0.05) is 11.6 Å². The lowest BCUT2D eigenvalue weighted by Crippen LogP contribution is -1.83. The summed E-state index contributed by atoms with van der Waals surface area (Å²) in [5.74, 6) is -2.27. The molecule has 1 N–H and O–H groups in total. The molecule has 0 atom stereocenters. The van der Waals surface area contributed by atoms with E-state index in [1.807, 2.05) is 0 Å². The molecule has 3 heteroatoms. The van der Waals surface area contributed by atoms with Crippen LogP contribution in [0.15, 0.2) is 18.7 Å². The van der Waals surface area contributed by atoms with Crippen molar-refractivity contribution in [2.45, 2.75) is 0 Å². The Bertz CT molecular complexity index is 294. The van der Waals surface area contributed by atoms with Crippen molar-refractivity contribution >= 4 is 6.08 Å². The largest absolute Gasteiger partial charge is 0.504 e. The highest BCUT2D eigenvalue weighted by Gasteiger charge is 2.06. The first kappa shape index (κ1) is 7.72. The molecule has 0 aliphatic rings. The van der Waals surface area contributed by atoms with Crippen molar-refractivity contribution in [2.24, 2.45) is 0 Å². The molecular formula is C8H6F2O. The Balaban J connectivity index is 3.35. The molecule has 0 aliphatic carbocycles. The van der Waals surface area contributed by atoms with E-state index in [2.05, 4.69) is 6.58 Å². The monoisotopic (exact) mass is 156 g/mol. The van der Waals surface area contributed by atoms with Crippen LogP contribution in [0, 0.1) is 11.6 Å². The lowest BCUT2D eigenvalue weighted by atomic mass is 10.2. The maximum Gasteiger partial charge on any atom is 0.168 e. The van der Waals surface area contributed by atoms with E-state index in [0.717, 1.165) is 6.07 Å². The Hall–Kier alpha value is -1.38. The fraction of sp³-hybridized carbons (Fsp3) is 0. The van der Waals surface area contributed by atoms with E-state index in [4.69, 9.17) is 5.11 Å². The van der Waals surface area contributed by atoms with Crippen LogP contribution >= 0.6 is 0 Å². The summed E-state index contributed by atoms with van der Waals surface area (Å²) in [6, 6.07) is 1.62. The molecule has 0 fully saturated rings. The fourth-order valence-electron chi connectivity index (χ4n) is 0.741. The molecule has 0 aromatic heterocycles. The molecule has 0 amide bonds. The van der Waals surface area contributed by atoms with E-state index in [1.165, 1.54) is 6.08 Å². The van der Waals surface area contributed by atoms with Crippen LogP contribution in [-0.4, -0.2) is 5.11 Å². The predicted octanol–water partition coefficient (Wildman–Crippen LogP) is 2.31.